The highest BCUT2D eigenvalue weighted by atomic mass is 19.4. The smallest absolute Gasteiger partial charge is 0.402 e. The number of alkyl halides is 6. The van der Waals surface area contributed by atoms with Gasteiger partial charge in [0, 0.05) is 6.04 Å². The van der Waals surface area contributed by atoms with E-state index in [1.54, 1.807) is 6.07 Å². The van der Waals surface area contributed by atoms with Crippen LogP contribution in [0.5, 0.6) is 0 Å². The second-order valence-corrected chi connectivity index (χ2v) is 4.68. The highest BCUT2D eigenvalue weighted by molar-refractivity contribution is 5.74. The fourth-order valence-electron chi connectivity index (χ4n) is 1.98. The van der Waals surface area contributed by atoms with Gasteiger partial charge in [0.1, 0.15) is 6.04 Å². The molecular weight excluding hydrogens is 316 g/mol. The van der Waals surface area contributed by atoms with E-state index in [4.69, 9.17) is 5.11 Å². The van der Waals surface area contributed by atoms with Gasteiger partial charge in [0.25, 0.3) is 0 Å². The molecule has 22 heavy (non-hydrogen) atoms. The SMILES string of the molecule is C[C@H](N[C@H](C(=O)O)C(C(F)(F)F)C(F)(F)F)c1ccccc1. The van der Waals surface area contributed by atoms with Crippen LogP contribution >= 0.6 is 0 Å². The molecule has 2 N–H and O–H groups in total. The lowest BCUT2D eigenvalue weighted by molar-refractivity contribution is -0.291. The molecule has 0 heterocycles. The molecule has 0 aliphatic carbocycles. The van der Waals surface area contributed by atoms with Crippen LogP contribution in [0.1, 0.15) is 18.5 Å². The Kier molecular flexibility index (Phi) is 5.44. The maximum Gasteiger partial charge on any atom is 0.402 e. The first-order valence-corrected chi connectivity index (χ1v) is 6.12. The summed E-state index contributed by atoms with van der Waals surface area (Å²) in [7, 11) is 0. The van der Waals surface area contributed by atoms with E-state index in [9.17, 15) is 31.1 Å². The molecule has 0 amide bonds. The minimum atomic E-state index is -5.73. The monoisotopic (exact) mass is 329 g/mol. The van der Waals surface area contributed by atoms with E-state index in [1.807, 2.05) is 5.32 Å². The van der Waals surface area contributed by atoms with Gasteiger partial charge in [0.15, 0.2) is 5.92 Å². The second-order valence-electron chi connectivity index (χ2n) is 4.68. The molecule has 0 aromatic heterocycles. The van der Waals surface area contributed by atoms with E-state index in [2.05, 4.69) is 0 Å². The fraction of sp³-hybridized carbons (Fsp3) is 0.462. The van der Waals surface area contributed by atoms with Gasteiger partial charge in [0.2, 0.25) is 0 Å². The Morgan fingerprint density at radius 2 is 1.50 bits per heavy atom. The molecule has 0 unspecified atom stereocenters. The largest absolute Gasteiger partial charge is 0.480 e. The molecule has 0 bridgehead atoms. The van der Waals surface area contributed by atoms with E-state index < -0.39 is 36.3 Å². The highest BCUT2D eigenvalue weighted by Gasteiger charge is 2.62. The first-order chi connectivity index (χ1) is 9.94. The third-order valence-electron chi connectivity index (χ3n) is 3.03. The number of carboxylic acids is 1. The van der Waals surface area contributed by atoms with Crippen molar-refractivity contribution in [1.82, 2.24) is 5.32 Å². The van der Waals surface area contributed by atoms with Gasteiger partial charge in [-0.15, -0.1) is 0 Å². The van der Waals surface area contributed by atoms with Gasteiger partial charge in [-0.05, 0) is 12.5 Å². The van der Waals surface area contributed by atoms with Crippen molar-refractivity contribution in [3.05, 3.63) is 35.9 Å². The third kappa shape index (κ3) is 4.62. The number of hydrogen-bond acceptors (Lipinski definition) is 2. The van der Waals surface area contributed by atoms with Crippen LogP contribution in [-0.4, -0.2) is 29.5 Å². The number of carboxylic acid groups (broad SMARTS) is 1. The lowest BCUT2D eigenvalue weighted by atomic mass is 9.96. The molecule has 1 aromatic carbocycles. The summed E-state index contributed by atoms with van der Waals surface area (Å²) in [6.45, 7) is 1.29. The number of carbonyl (C=O) groups is 1. The fourth-order valence-corrected chi connectivity index (χ4v) is 1.98. The Hall–Kier alpha value is -1.77. The zero-order valence-electron chi connectivity index (χ0n) is 11.2. The van der Waals surface area contributed by atoms with E-state index in [0.717, 1.165) is 0 Å². The summed E-state index contributed by atoms with van der Waals surface area (Å²) in [6.07, 6.45) is -11.5. The predicted octanol–water partition coefficient (Wildman–Crippen LogP) is 3.53. The normalized spacial score (nSPS) is 15.6. The van der Waals surface area contributed by atoms with Crippen LogP contribution in [-0.2, 0) is 4.79 Å². The molecule has 124 valence electrons. The summed E-state index contributed by atoms with van der Waals surface area (Å²) in [5.41, 5.74) is 0.372. The standard InChI is InChI=1S/C13H13F6NO2/c1-7(8-5-3-2-4-6-8)20-9(11(21)22)10(12(14,15)16)13(17,18)19/h2-7,9-10,20H,1H3,(H,21,22)/t7-,9-/m0/s1. The summed E-state index contributed by atoms with van der Waals surface area (Å²) in [4.78, 5) is 10.9. The number of nitrogens with one attached hydrogen (secondary N) is 1. The molecule has 3 nitrogen and oxygen atoms in total. The van der Waals surface area contributed by atoms with Crippen molar-refractivity contribution in [1.29, 1.82) is 0 Å². The molecule has 0 radical (unpaired) electrons. The summed E-state index contributed by atoms with van der Waals surface area (Å²) in [5, 5.41) is 10.7. The predicted molar refractivity (Wildman–Crippen MR) is 65.0 cm³/mol. The molecule has 0 saturated carbocycles. The zero-order chi connectivity index (χ0) is 17.1. The molecule has 0 aliphatic rings. The Labute approximate surface area is 121 Å². The molecule has 0 spiro atoms. The minimum absolute atomic E-state index is 0.372. The molecular formula is C13H13F6NO2. The van der Waals surface area contributed by atoms with E-state index in [-0.39, 0.29) is 0 Å². The Balaban J connectivity index is 3.09. The third-order valence-corrected chi connectivity index (χ3v) is 3.03. The summed E-state index contributed by atoms with van der Waals surface area (Å²) in [6, 6.07) is 3.77. The van der Waals surface area contributed by atoms with Crippen LogP contribution in [0, 0.1) is 5.92 Å². The molecule has 1 aromatic rings. The number of benzene rings is 1. The second kappa shape index (κ2) is 6.55. The van der Waals surface area contributed by atoms with Crippen LogP contribution in [0.3, 0.4) is 0 Å². The van der Waals surface area contributed by atoms with Gasteiger partial charge in [-0.25, -0.2) is 0 Å². The average molecular weight is 329 g/mol. The number of aliphatic carboxylic acids is 1. The first kappa shape index (κ1) is 18.3. The maximum atomic E-state index is 12.7. The van der Waals surface area contributed by atoms with Crippen LogP contribution in [0.2, 0.25) is 0 Å². The Morgan fingerprint density at radius 3 is 1.86 bits per heavy atom. The van der Waals surface area contributed by atoms with Crippen LogP contribution in [0.15, 0.2) is 30.3 Å². The van der Waals surface area contributed by atoms with Crippen molar-refractivity contribution >= 4 is 5.97 Å². The molecule has 1 rings (SSSR count). The quantitative estimate of drug-likeness (QED) is 0.813. The molecule has 0 fully saturated rings. The average Bonchev–Trinajstić information content (AvgIpc) is 2.35. The molecule has 2 atom stereocenters. The van der Waals surface area contributed by atoms with Crippen molar-refractivity contribution in [2.75, 3.05) is 0 Å². The van der Waals surface area contributed by atoms with E-state index >= 15 is 0 Å². The lowest BCUT2D eigenvalue weighted by Crippen LogP contribution is -2.55. The number of halogens is 6. The summed E-state index contributed by atoms with van der Waals surface area (Å²) in [5.74, 6) is -6.22. The zero-order valence-corrected chi connectivity index (χ0v) is 11.2. The van der Waals surface area contributed by atoms with Crippen LogP contribution in [0.4, 0.5) is 26.3 Å². The van der Waals surface area contributed by atoms with Crippen LogP contribution < -0.4 is 5.32 Å². The van der Waals surface area contributed by atoms with Crippen LogP contribution in [0.25, 0.3) is 0 Å². The highest BCUT2D eigenvalue weighted by Crippen LogP contribution is 2.42. The van der Waals surface area contributed by atoms with Crippen molar-refractivity contribution in [3.8, 4) is 0 Å². The van der Waals surface area contributed by atoms with Crippen molar-refractivity contribution in [2.24, 2.45) is 5.92 Å². The van der Waals surface area contributed by atoms with E-state index in [1.165, 1.54) is 31.2 Å². The number of hydrogen-bond donors (Lipinski definition) is 2. The topological polar surface area (TPSA) is 49.3 Å². The van der Waals surface area contributed by atoms with Crippen molar-refractivity contribution in [2.45, 2.75) is 31.4 Å². The summed E-state index contributed by atoms with van der Waals surface area (Å²) >= 11 is 0. The van der Waals surface area contributed by atoms with Gasteiger partial charge in [-0.2, -0.15) is 26.3 Å². The molecule has 0 saturated heterocycles. The molecule has 9 heteroatoms. The summed E-state index contributed by atoms with van der Waals surface area (Å²) < 4.78 is 75.9. The van der Waals surface area contributed by atoms with Crippen molar-refractivity contribution < 1.29 is 36.2 Å². The maximum absolute atomic E-state index is 12.7. The van der Waals surface area contributed by atoms with Gasteiger partial charge < -0.3 is 5.11 Å². The van der Waals surface area contributed by atoms with Gasteiger partial charge in [-0.3, -0.25) is 10.1 Å². The van der Waals surface area contributed by atoms with Gasteiger partial charge in [0.05, 0.1) is 0 Å². The van der Waals surface area contributed by atoms with E-state index in [0.29, 0.717) is 5.56 Å². The lowest BCUT2D eigenvalue weighted by Gasteiger charge is -2.30. The minimum Gasteiger partial charge on any atom is -0.480 e. The number of rotatable bonds is 5. The van der Waals surface area contributed by atoms with Crippen molar-refractivity contribution in [3.63, 3.8) is 0 Å². The first-order valence-electron chi connectivity index (χ1n) is 6.12. The molecule has 0 aliphatic heterocycles. The van der Waals surface area contributed by atoms with Gasteiger partial charge >= 0.3 is 18.3 Å². The Bertz CT molecular complexity index is 485. The Morgan fingerprint density at radius 1 is 1.05 bits per heavy atom. The van der Waals surface area contributed by atoms with Gasteiger partial charge in [-0.1, -0.05) is 30.3 Å².